The maximum atomic E-state index is 13.7. The van der Waals surface area contributed by atoms with E-state index in [2.05, 4.69) is 6.07 Å². The summed E-state index contributed by atoms with van der Waals surface area (Å²) in [5, 5.41) is 1.47. The van der Waals surface area contributed by atoms with Crippen molar-refractivity contribution in [2.24, 2.45) is 0 Å². The van der Waals surface area contributed by atoms with Gasteiger partial charge in [0.05, 0.1) is 6.61 Å². The van der Waals surface area contributed by atoms with E-state index in [0.29, 0.717) is 16.2 Å². The molecule has 0 aromatic heterocycles. The van der Waals surface area contributed by atoms with E-state index in [4.69, 9.17) is 4.74 Å². The molecule has 0 spiro atoms. The normalized spacial score (nSPS) is 11.3. The van der Waals surface area contributed by atoms with Crippen LogP contribution in [0.15, 0.2) is 77.7 Å². The molecule has 0 bridgehead atoms. The van der Waals surface area contributed by atoms with Crippen molar-refractivity contribution >= 4 is 39.0 Å². The van der Waals surface area contributed by atoms with Gasteiger partial charge >= 0.3 is 35.3 Å². The van der Waals surface area contributed by atoms with Crippen molar-refractivity contribution in [2.75, 3.05) is 6.61 Å². The molecule has 0 saturated carbocycles. The topological polar surface area (TPSA) is 80.7 Å². The second-order valence-electron chi connectivity index (χ2n) is 7.30. The van der Waals surface area contributed by atoms with E-state index >= 15 is 0 Å². The summed E-state index contributed by atoms with van der Waals surface area (Å²) in [5.41, 5.74) is 0.0995. The predicted octanol–water partition coefficient (Wildman–Crippen LogP) is -1.68. The Hall–Kier alpha value is -1.24. The molecule has 170 valence electrons. The number of hydrogen-bond donors (Lipinski definition) is 1. The molecule has 0 amide bonds. The van der Waals surface area contributed by atoms with Crippen LogP contribution in [-0.4, -0.2) is 25.3 Å². The van der Waals surface area contributed by atoms with E-state index in [9.17, 15) is 17.8 Å². The average molecular weight is 515 g/mol. The fraction of sp³-hybridized carbons (Fsp3) is 0.208. The molecule has 0 aliphatic heterocycles. The molecule has 0 atom stereocenters. The fourth-order valence-electron chi connectivity index (χ4n) is 3.54. The van der Waals surface area contributed by atoms with E-state index < -0.39 is 23.1 Å². The molecule has 3 aromatic rings. The molecule has 5 nitrogen and oxygen atoms in total. The summed E-state index contributed by atoms with van der Waals surface area (Å²) < 4.78 is 40.7. The molecule has 0 radical (unpaired) electrons. The summed E-state index contributed by atoms with van der Waals surface area (Å²) >= 11 is 0. The van der Waals surface area contributed by atoms with Crippen LogP contribution in [0.5, 0.6) is 0 Å². The largest absolute Gasteiger partial charge is 1.00 e. The Balaban J connectivity index is 0.00000272. The maximum absolute atomic E-state index is 13.7. The van der Waals surface area contributed by atoms with Gasteiger partial charge in [-0.25, -0.2) is 4.79 Å². The van der Waals surface area contributed by atoms with Crippen molar-refractivity contribution in [3.63, 3.8) is 0 Å². The Morgan fingerprint density at radius 2 is 1.45 bits per heavy atom. The molecular weight excluding hydrogens is 490 g/mol. The van der Waals surface area contributed by atoms with Crippen molar-refractivity contribution < 1.29 is 64.5 Å². The maximum Gasteiger partial charge on any atom is 1.00 e. The van der Waals surface area contributed by atoms with Gasteiger partial charge in [0.1, 0.15) is 10.6 Å². The zero-order valence-electron chi connectivity index (χ0n) is 19.0. The minimum Gasteiger partial charge on any atom is -1.00 e. The molecule has 0 saturated heterocycles. The summed E-state index contributed by atoms with van der Waals surface area (Å²) in [7, 11) is -7.95. The summed E-state index contributed by atoms with van der Waals surface area (Å²) in [4.78, 5) is 13.3. The van der Waals surface area contributed by atoms with Crippen LogP contribution in [0.3, 0.4) is 0 Å². The fourth-order valence-corrected chi connectivity index (χ4v) is 8.57. The first-order valence-corrected chi connectivity index (χ1v) is 13.2. The van der Waals surface area contributed by atoms with Crippen molar-refractivity contribution in [2.45, 2.75) is 31.6 Å². The molecule has 9 heteroatoms. The average Bonchev–Trinajstić information content (AvgIpc) is 2.75. The predicted molar refractivity (Wildman–Crippen MR) is 125 cm³/mol. The van der Waals surface area contributed by atoms with Crippen LogP contribution in [0.25, 0.3) is 0 Å². The standard InChI is InChI=1S/C24H25O5PS.ClH.Na/c1-4-29-24(25)30(20-11-7-5-8-12-20,21-13-9-6-10-14-21)22-16-15-19(18(2)3)17-23(22)31(26,27)28;;/h5-16,18H,4H2,1-3H3,(H,26,27,28);1H;/q;;+1/p-1. The van der Waals surface area contributed by atoms with Crippen LogP contribution in [0.4, 0.5) is 4.79 Å². The monoisotopic (exact) mass is 514 g/mol. The number of carbonyl (C=O) groups excluding carboxylic acids is 1. The Morgan fingerprint density at radius 1 is 0.970 bits per heavy atom. The zero-order valence-corrected chi connectivity index (χ0v) is 23.5. The van der Waals surface area contributed by atoms with Crippen LogP contribution in [0.2, 0.25) is 0 Å². The molecule has 0 aliphatic rings. The first-order chi connectivity index (χ1) is 14.7. The van der Waals surface area contributed by atoms with Gasteiger partial charge in [-0.2, -0.15) is 26.1 Å². The van der Waals surface area contributed by atoms with Crippen molar-refractivity contribution in [1.29, 1.82) is 0 Å². The van der Waals surface area contributed by atoms with E-state index in [1.807, 2.05) is 26.0 Å². The molecule has 3 rings (SSSR count). The molecule has 33 heavy (non-hydrogen) atoms. The number of benzene rings is 3. The van der Waals surface area contributed by atoms with Gasteiger partial charge in [0.2, 0.25) is 0 Å². The molecule has 0 fully saturated rings. The third kappa shape index (κ3) is 6.07. The van der Waals surface area contributed by atoms with Crippen LogP contribution >= 0.6 is 7.26 Å². The van der Waals surface area contributed by atoms with E-state index in [1.54, 1.807) is 67.6 Å². The van der Waals surface area contributed by atoms with Gasteiger partial charge in [0, 0.05) is 10.2 Å². The SMILES string of the molecule is CCOC(=O)[P+](c1ccccc1)(c1ccccc1)c1ccc(C(C)C)[c-]c1S(=O)(=O)O.[Cl-].[Na+]. The molecular formula is C24H25ClNaO5PS. The molecule has 1 N–H and O–H groups in total. The summed E-state index contributed by atoms with van der Waals surface area (Å²) in [5.74, 6) is -0.0154. The summed E-state index contributed by atoms with van der Waals surface area (Å²) in [6.45, 7) is 5.65. The van der Waals surface area contributed by atoms with Crippen LogP contribution in [-0.2, 0) is 14.9 Å². The van der Waals surface area contributed by atoms with Gasteiger partial charge in [-0.3, -0.25) is 4.55 Å². The number of hydrogen-bond acceptors (Lipinski definition) is 4. The number of carbonyl (C=O) groups is 1. The molecule has 3 aromatic carbocycles. The van der Waals surface area contributed by atoms with Gasteiger partial charge < -0.3 is 17.1 Å². The van der Waals surface area contributed by atoms with Crippen molar-refractivity contribution in [1.82, 2.24) is 0 Å². The molecule has 0 heterocycles. The summed E-state index contributed by atoms with van der Waals surface area (Å²) in [6.07, 6.45) is 0. The number of halogens is 1. The molecule has 0 unspecified atom stereocenters. The van der Waals surface area contributed by atoms with Gasteiger partial charge in [-0.15, -0.1) is 6.07 Å². The Bertz CT molecular complexity index is 1130. The first-order valence-electron chi connectivity index (χ1n) is 9.94. The van der Waals surface area contributed by atoms with Gasteiger partial charge in [-0.05, 0) is 37.1 Å². The minimum absolute atomic E-state index is 0. The van der Waals surface area contributed by atoms with Crippen molar-refractivity contribution in [3.8, 4) is 0 Å². The quantitative estimate of drug-likeness (QED) is 0.176. The third-order valence-corrected chi connectivity index (χ3v) is 9.89. The second kappa shape index (κ2) is 12.5. The minimum atomic E-state index is -4.67. The second-order valence-corrected chi connectivity index (χ2v) is 11.9. The van der Waals surface area contributed by atoms with Crippen LogP contribution in [0, 0.1) is 6.07 Å². The van der Waals surface area contributed by atoms with Crippen LogP contribution < -0.4 is 57.9 Å². The van der Waals surface area contributed by atoms with Gasteiger partial charge in [-0.1, -0.05) is 50.2 Å². The summed E-state index contributed by atoms with van der Waals surface area (Å²) in [6, 6.07) is 24.3. The third-order valence-electron chi connectivity index (χ3n) is 4.98. The first kappa shape index (κ1) is 29.8. The van der Waals surface area contributed by atoms with E-state index in [0.717, 1.165) is 0 Å². The zero-order chi connectivity index (χ0) is 22.6. The van der Waals surface area contributed by atoms with E-state index in [1.165, 1.54) is 0 Å². The Kier molecular flexibility index (Phi) is 11.2. The Morgan fingerprint density at radius 3 is 1.85 bits per heavy atom. The van der Waals surface area contributed by atoms with Gasteiger partial charge in [0.15, 0.2) is 7.26 Å². The van der Waals surface area contributed by atoms with Crippen molar-refractivity contribution in [3.05, 3.63) is 84.4 Å². The molecule has 0 aliphatic carbocycles. The Labute approximate surface area is 224 Å². The van der Waals surface area contributed by atoms with Gasteiger partial charge in [0.25, 0.3) is 10.1 Å². The van der Waals surface area contributed by atoms with Crippen LogP contribution in [0.1, 0.15) is 32.3 Å². The van der Waals surface area contributed by atoms with E-state index in [-0.39, 0.29) is 64.7 Å². The number of ether oxygens (including phenoxy) is 1. The smallest absolute Gasteiger partial charge is 1.00 e. The number of rotatable bonds is 7.